The molecule has 1 aromatic heterocycles. The maximum absolute atomic E-state index is 13.0. The van der Waals surface area contributed by atoms with Crippen molar-refractivity contribution in [2.75, 3.05) is 24.9 Å². The Labute approximate surface area is 259 Å². The van der Waals surface area contributed by atoms with Crippen molar-refractivity contribution in [3.63, 3.8) is 0 Å². The largest absolute Gasteiger partial charge is 0.493 e. The van der Waals surface area contributed by atoms with Gasteiger partial charge < -0.3 is 39.9 Å². The Morgan fingerprint density at radius 2 is 1.47 bits per heavy atom. The average molecular weight is 611 g/mol. The van der Waals surface area contributed by atoms with E-state index in [2.05, 4.69) is 15.6 Å². The monoisotopic (exact) mass is 611 g/mol. The standard InChI is InChI=1S/C28H24BN3O5.C4H6O4/c1-35-24-15-21-22(16-25(24)36-2)30-14-11-23(21)37-20-9-7-19(8-10-20)32-27(34)28(12-13-28)26(33)31-18-5-3-17(29)4-6-18;5-2-1-3(6)4(7)8/h3-11,14-16H,12-13H2,1-2H3,(H,31,33)(H,32,34);2-3,6H,1H2,(H,7,8). The molecule has 1 atom stereocenters. The molecule has 1 aliphatic carbocycles. The van der Waals surface area contributed by atoms with Crippen molar-refractivity contribution < 1.29 is 43.6 Å². The van der Waals surface area contributed by atoms with Crippen LogP contribution >= 0.6 is 0 Å². The van der Waals surface area contributed by atoms with E-state index in [1.54, 1.807) is 81.1 Å². The Bertz CT molecular complexity index is 1690. The number of nitrogens with zero attached hydrogens (tertiary/aromatic N) is 1. The van der Waals surface area contributed by atoms with Crippen LogP contribution < -0.4 is 30.3 Å². The number of aliphatic carboxylic acids is 1. The smallest absolute Gasteiger partial charge is 0.332 e. The summed E-state index contributed by atoms with van der Waals surface area (Å²) in [6, 6.07) is 19.1. The number of hydrogen-bond donors (Lipinski definition) is 4. The molecule has 0 saturated heterocycles. The molecule has 1 fully saturated rings. The number of carbonyl (C=O) groups is 4. The molecule has 13 heteroatoms. The molecule has 45 heavy (non-hydrogen) atoms. The second kappa shape index (κ2) is 14.4. The van der Waals surface area contributed by atoms with Crippen LogP contribution in [0.5, 0.6) is 23.0 Å². The summed E-state index contributed by atoms with van der Waals surface area (Å²) < 4.78 is 16.9. The van der Waals surface area contributed by atoms with Crippen LogP contribution in [0.1, 0.15) is 19.3 Å². The molecule has 1 saturated carbocycles. The lowest BCUT2D eigenvalue weighted by Gasteiger charge is -2.16. The number of nitrogens with one attached hydrogen (secondary N) is 2. The maximum atomic E-state index is 13.0. The van der Waals surface area contributed by atoms with E-state index in [4.69, 9.17) is 32.3 Å². The van der Waals surface area contributed by atoms with Gasteiger partial charge in [-0.1, -0.05) is 17.6 Å². The molecule has 1 aliphatic rings. The molecule has 0 aliphatic heterocycles. The number of aromatic nitrogens is 1. The first-order valence-electron chi connectivity index (χ1n) is 13.7. The zero-order chi connectivity index (χ0) is 32.6. The molecule has 1 unspecified atom stereocenters. The van der Waals surface area contributed by atoms with E-state index in [0.29, 0.717) is 64.5 Å². The quantitative estimate of drug-likeness (QED) is 0.112. The number of aliphatic hydroxyl groups excluding tert-OH is 1. The van der Waals surface area contributed by atoms with Crippen LogP contribution in [0.3, 0.4) is 0 Å². The van der Waals surface area contributed by atoms with E-state index in [0.717, 1.165) is 5.39 Å². The highest BCUT2D eigenvalue weighted by Crippen LogP contribution is 2.47. The van der Waals surface area contributed by atoms with Gasteiger partial charge >= 0.3 is 5.97 Å². The molecule has 3 aromatic carbocycles. The van der Waals surface area contributed by atoms with E-state index in [9.17, 15) is 19.2 Å². The number of carboxylic acid groups (broad SMARTS) is 1. The highest BCUT2D eigenvalue weighted by molar-refractivity contribution is 6.32. The number of ether oxygens (including phenoxy) is 3. The Hall–Kier alpha value is -5.43. The number of carbonyl (C=O) groups excluding carboxylic acids is 3. The van der Waals surface area contributed by atoms with Gasteiger partial charge in [-0.15, -0.1) is 0 Å². The number of methoxy groups -OCH3 is 2. The molecule has 2 radical (unpaired) electrons. The fourth-order valence-electron chi connectivity index (χ4n) is 4.21. The highest BCUT2D eigenvalue weighted by atomic mass is 16.5. The lowest BCUT2D eigenvalue weighted by Crippen LogP contribution is -2.35. The predicted octanol–water partition coefficient (Wildman–Crippen LogP) is 3.22. The number of rotatable bonds is 11. The predicted molar refractivity (Wildman–Crippen MR) is 166 cm³/mol. The highest BCUT2D eigenvalue weighted by Gasteiger charge is 2.56. The average Bonchev–Trinajstić information content (AvgIpc) is 3.85. The Kier molecular flexibility index (Phi) is 10.4. The number of amides is 2. The van der Waals surface area contributed by atoms with Gasteiger partial charge in [0.1, 0.15) is 31.0 Å². The molecule has 4 N–H and O–H groups in total. The summed E-state index contributed by atoms with van der Waals surface area (Å²) >= 11 is 0. The summed E-state index contributed by atoms with van der Waals surface area (Å²) in [6.45, 7) is 0. The number of hydrogen-bond acceptors (Lipinski definition) is 9. The molecule has 5 rings (SSSR count). The second-order valence-electron chi connectivity index (χ2n) is 10.0. The Morgan fingerprint density at radius 3 is 1.96 bits per heavy atom. The van der Waals surface area contributed by atoms with Gasteiger partial charge in [0.15, 0.2) is 17.6 Å². The summed E-state index contributed by atoms with van der Waals surface area (Å²) in [5.41, 5.74) is 1.38. The van der Waals surface area contributed by atoms with Gasteiger partial charge in [-0.3, -0.25) is 14.6 Å². The number of anilines is 2. The van der Waals surface area contributed by atoms with E-state index in [-0.39, 0.29) is 18.2 Å². The van der Waals surface area contributed by atoms with Crippen LogP contribution in [-0.2, 0) is 19.2 Å². The fourth-order valence-corrected chi connectivity index (χ4v) is 4.21. The van der Waals surface area contributed by atoms with Gasteiger partial charge in [-0.25, -0.2) is 4.79 Å². The third-order valence-electron chi connectivity index (χ3n) is 6.94. The van der Waals surface area contributed by atoms with E-state index < -0.39 is 17.5 Å². The van der Waals surface area contributed by atoms with Crippen LogP contribution in [0, 0.1) is 5.41 Å². The van der Waals surface area contributed by atoms with Crippen molar-refractivity contribution >= 4 is 59.7 Å². The third-order valence-corrected chi connectivity index (χ3v) is 6.94. The molecule has 1 heterocycles. The minimum atomic E-state index is -1.53. The summed E-state index contributed by atoms with van der Waals surface area (Å²) in [7, 11) is 8.83. The number of aliphatic hydroxyl groups is 1. The SMILES string of the molecule is O=CCC(O)C(=O)O.[B]c1ccc(NC(=O)C2(C(=O)Nc3ccc(Oc4ccnc5cc(OC)c(OC)cc45)cc3)CC2)cc1. The number of aldehydes is 1. The summed E-state index contributed by atoms with van der Waals surface area (Å²) in [4.78, 5) is 49.3. The molecular weight excluding hydrogens is 581 g/mol. The first kappa shape index (κ1) is 32.5. The summed E-state index contributed by atoms with van der Waals surface area (Å²) in [5.74, 6) is 0.288. The Morgan fingerprint density at radius 1 is 0.911 bits per heavy atom. The Balaban J connectivity index is 0.000000510. The van der Waals surface area contributed by atoms with Gasteiger partial charge in [-0.05, 0) is 61.4 Å². The van der Waals surface area contributed by atoms with Crippen molar-refractivity contribution in [2.24, 2.45) is 5.41 Å². The van der Waals surface area contributed by atoms with Crippen LogP contribution in [0.15, 0.2) is 72.9 Å². The van der Waals surface area contributed by atoms with Crippen LogP contribution in [-0.4, -0.2) is 67.4 Å². The van der Waals surface area contributed by atoms with E-state index in [1.165, 1.54) is 0 Å². The van der Waals surface area contributed by atoms with Crippen molar-refractivity contribution in [1.82, 2.24) is 4.98 Å². The van der Waals surface area contributed by atoms with Crippen molar-refractivity contribution in [3.05, 3.63) is 72.9 Å². The normalized spacial score (nSPS) is 13.3. The number of pyridine rings is 1. The van der Waals surface area contributed by atoms with Gasteiger partial charge in [-0.2, -0.15) is 0 Å². The zero-order valence-corrected chi connectivity index (χ0v) is 24.5. The van der Waals surface area contributed by atoms with Crippen LogP contribution in [0.25, 0.3) is 10.9 Å². The van der Waals surface area contributed by atoms with Crippen LogP contribution in [0.4, 0.5) is 11.4 Å². The molecule has 230 valence electrons. The molecule has 4 aromatic rings. The number of carboxylic acids is 1. The van der Waals surface area contributed by atoms with E-state index >= 15 is 0 Å². The van der Waals surface area contributed by atoms with Crippen molar-refractivity contribution in [3.8, 4) is 23.0 Å². The zero-order valence-electron chi connectivity index (χ0n) is 24.5. The minimum absolute atomic E-state index is 0.327. The summed E-state index contributed by atoms with van der Waals surface area (Å²) in [5, 5.41) is 22.6. The van der Waals surface area contributed by atoms with Crippen molar-refractivity contribution in [1.29, 1.82) is 0 Å². The topological polar surface area (TPSA) is 173 Å². The number of benzene rings is 3. The number of fused-ring (bicyclic) bond motifs is 1. The molecule has 0 bridgehead atoms. The minimum Gasteiger partial charge on any atom is -0.493 e. The third kappa shape index (κ3) is 7.95. The lowest BCUT2D eigenvalue weighted by atomic mass is 9.96. The first-order chi connectivity index (χ1) is 21.6. The maximum Gasteiger partial charge on any atom is 0.332 e. The van der Waals surface area contributed by atoms with Gasteiger partial charge in [0, 0.05) is 35.4 Å². The molecule has 2 amide bonds. The van der Waals surface area contributed by atoms with Gasteiger partial charge in [0.05, 0.1) is 19.7 Å². The molecule has 12 nitrogen and oxygen atoms in total. The fraction of sp³-hybridized carbons (Fsp3) is 0.219. The van der Waals surface area contributed by atoms with Crippen molar-refractivity contribution in [2.45, 2.75) is 25.4 Å². The molecular formula is C32H30BN3O9. The van der Waals surface area contributed by atoms with E-state index in [1.807, 2.05) is 6.07 Å². The van der Waals surface area contributed by atoms with Gasteiger partial charge in [0.2, 0.25) is 11.8 Å². The van der Waals surface area contributed by atoms with Gasteiger partial charge in [0.25, 0.3) is 0 Å². The van der Waals surface area contributed by atoms with Crippen LogP contribution in [0.2, 0.25) is 0 Å². The lowest BCUT2D eigenvalue weighted by molar-refractivity contribution is -0.147. The first-order valence-corrected chi connectivity index (χ1v) is 13.7. The second-order valence-corrected chi connectivity index (χ2v) is 10.0. The molecule has 0 spiro atoms. The summed E-state index contributed by atoms with van der Waals surface area (Å²) in [6.07, 6.45) is 1.12.